The highest BCUT2D eigenvalue weighted by Crippen LogP contribution is 2.43. The highest BCUT2D eigenvalue weighted by atomic mass is 16.3. The third-order valence-electron chi connectivity index (χ3n) is 12.6. The van der Waals surface area contributed by atoms with E-state index >= 15 is 0 Å². The summed E-state index contributed by atoms with van der Waals surface area (Å²) in [5.41, 5.74) is 12.0. The minimum Gasteiger partial charge on any atom is -0.455 e. The number of nitrogens with zero attached hydrogens (tertiary/aromatic N) is 4. The summed E-state index contributed by atoms with van der Waals surface area (Å²) in [6.07, 6.45) is 0. The van der Waals surface area contributed by atoms with E-state index in [0.717, 1.165) is 82.9 Å². The molecular weight excluding hydrogens is 781 g/mol. The topological polar surface area (TPSA) is 56.7 Å². The lowest BCUT2D eigenvalue weighted by atomic mass is 9.98. The molecule has 0 aliphatic rings. The van der Waals surface area contributed by atoms with Gasteiger partial charge in [-0.3, -0.25) is 0 Å². The van der Waals surface area contributed by atoms with Crippen molar-refractivity contribution in [3.63, 3.8) is 0 Å². The van der Waals surface area contributed by atoms with Crippen LogP contribution >= 0.6 is 0 Å². The number of hydrogen-bond donors (Lipinski definition) is 0. The van der Waals surface area contributed by atoms with Crippen molar-refractivity contribution in [3.05, 3.63) is 218 Å². The summed E-state index contributed by atoms with van der Waals surface area (Å²) in [4.78, 5) is 15.9. The largest absolute Gasteiger partial charge is 0.455 e. The van der Waals surface area contributed by atoms with Crippen LogP contribution in [-0.2, 0) is 0 Å². The molecule has 5 nitrogen and oxygen atoms in total. The molecule has 13 rings (SSSR count). The third-order valence-corrected chi connectivity index (χ3v) is 12.6. The average molecular weight is 817 g/mol. The van der Waals surface area contributed by atoms with Crippen LogP contribution in [0.25, 0.3) is 127 Å². The predicted molar refractivity (Wildman–Crippen MR) is 264 cm³/mol. The van der Waals surface area contributed by atoms with Gasteiger partial charge >= 0.3 is 0 Å². The minimum absolute atomic E-state index is 0.541. The summed E-state index contributed by atoms with van der Waals surface area (Å²) in [6.45, 7) is 0. The Morgan fingerprint density at radius 1 is 0.328 bits per heavy atom. The number of hydrogen-bond acceptors (Lipinski definition) is 4. The molecule has 0 saturated carbocycles. The van der Waals surface area contributed by atoms with Crippen molar-refractivity contribution in [3.8, 4) is 62.1 Å². The Kier molecular flexibility index (Phi) is 8.15. The summed E-state index contributed by atoms with van der Waals surface area (Å²) in [7, 11) is 0. The van der Waals surface area contributed by atoms with Gasteiger partial charge in [-0.1, -0.05) is 176 Å². The second-order valence-corrected chi connectivity index (χ2v) is 16.4. The molecule has 64 heavy (non-hydrogen) atoms. The van der Waals surface area contributed by atoms with Crippen LogP contribution in [0.5, 0.6) is 0 Å². The van der Waals surface area contributed by atoms with Gasteiger partial charge in [0.15, 0.2) is 17.5 Å². The fraction of sp³-hybridized carbons (Fsp3) is 0. The van der Waals surface area contributed by atoms with Gasteiger partial charge in [-0.05, 0) is 86.3 Å². The molecule has 0 atom stereocenters. The molecule has 0 radical (unpaired) electrons. The second-order valence-electron chi connectivity index (χ2n) is 16.4. The molecule has 0 aliphatic heterocycles. The van der Waals surface area contributed by atoms with Gasteiger partial charge in [-0.2, -0.15) is 0 Å². The highest BCUT2D eigenvalue weighted by molar-refractivity contribution is 6.23. The fourth-order valence-electron chi connectivity index (χ4n) is 9.58. The zero-order chi connectivity index (χ0) is 42.1. The first-order valence-corrected chi connectivity index (χ1v) is 21.6. The number of furan rings is 1. The van der Waals surface area contributed by atoms with Crippen LogP contribution < -0.4 is 0 Å². The van der Waals surface area contributed by atoms with Crippen molar-refractivity contribution in [2.45, 2.75) is 0 Å². The maximum absolute atomic E-state index is 6.91. The first kappa shape index (κ1) is 36.0. The van der Waals surface area contributed by atoms with Crippen molar-refractivity contribution in [1.29, 1.82) is 0 Å². The Bertz CT molecular complexity index is 3940. The van der Waals surface area contributed by atoms with E-state index in [1.165, 1.54) is 27.1 Å². The zero-order valence-electron chi connectivity index (χ0n) is 34.5. The van der Waals surface area contributed by atoms with Crippen LogP contribution in [0.1, 0.15) is 0 Å². The molecule has 0 amide bonds. The second kappa shape index (κ2) is 14.5. The van der Waals surface area contributed by atoms with Crippen LogP contribution in [0.3, 0.4) is 0 Å². The molecule has 298 valence electrons. The zero-order valence-corrected chi connectivity index (χ0v) is 34.5. The average Bonchev–Trinajstić information content (AvgIpc) is 3.92. The summed E-state index contributed by atoms with van der Waals surface area (Å²) in [5, 5.41) is 9.11. The molecule has 0 bridgehead atoms. The number of fused-ring (bicyclic) bond motifs is 9. The van der Waals surface area contributed by atoms with E-state index in [0.29, 0.717) is 17.5 Å². The van der Waals surface area contributed by atoms with Gasteiger partial charge in [-0.15, -0.1) is 0 Å². The molecule has 0 aliphatic carbocycles. The molecule has 0 saturated heterocycles. The molecular formula is C59H36N4O. The van der Waals surface area contributed by atoms with Crippen molar-refractivity contribution in [2.24, 2.45) is 0 Å². The van der Waals surface area contributed by atoms with Crippen molar-refractivity contribution in [2.75, 3.05) is 0 Å². The highest BCUT2D eigenvalue weighted by Gasteiger charge is 2.22. The lowest BCUT2D eigenvalue weighted by molar-refractivity contribution is 0.670. The quantitative estimate of drug-likeness (QED) is 0.168. The van der Waals surface area contributed by atoms with E-state index in [1.54, 1.807) is 0 Å². The van der Waals surface area contributed by atoms with Crippen LogP contribution in [0, 0.1) is 0 Å². The standard InChI is InChI=1S/C59H36N4O/c1-3-15-37(16-4-1)38-27-29-40(30-28-38)57-60-58(47-23-10-9-21-45(47)39-17-5-2-6-18-39)62-59(61-57)51-34-43-31-32-44(36-49(43)55-48-24-12-14-26-54(48)64-56(51)55)63-52-25-13-11-22-46(52)50-33-41-19-7-8-20-42(41)35-53(50)63/h1-36H. The first-order valence-electron chi connectivity index (χ1n) is 21.6. The molecule has 13 aromatic rings. The van der Waals surface area contributed by atoms with Crippen LogP contribution in [0.4, 0.5) is 0 Å². The Morgan fingerprint density at radius 3 is 1.72 bits per heavy atom. The van der Waals surface area contributed by atoms with Crippen LogP contribution in [-0.4, -0.2) is 19.5 Å². The predicted octanol–water partition coefficient (Wildman–Crippen LogP) is 15.5. The summed E-state index contributed by atoms with van der Waals surface area (Å²) >= 11 is 0. The molecule has 0 fully saturated rings. The number of rotatable bonds is 6. The van der Waals surface area contributed by atoms with Gasteiger partial charge < -0.3 is 8.98 Å². The van der Waals surface area contributed by atoms with Gasteiger partial charge in [0.05, 0.1) is 16.6 Å². The molecule has 0 N–H and O–H groups in total. The minimum atomic E-state index is 0.541. The van der Waals surface area contributed by atoms with Crippen molar-refractivity contribution < 1.29 is 4.42 Å². The molecule has 10 aromatic carbocycles. The molecule has 3 heterocycles. The summed E-state index contributed by atoms with van der Waals surface area (Å²) < 4.78 is 9.31. The molecule has 5 heteroatoms. The molecule has 3 aromatic heterocycles. The van der Waals surface area contributed by atoms with Gasteiger partial charge in [-0.25, -0.2) is 15.0 Å². The van der Waals surface area contributed by atoms with E-state index < -0.39 is 0 Å². The number of benzene rings is 10. The Hall–Kier alpha value is -8.67. The SMILES string of the molecule is c1ccc(-c2ccc(-c3nc(-c4ccccc4-c4ccccc4)nc(-c4cc5ccc(-n6c7ccccc7c7cc8ccccc8cc76)cc5c5c4oc4ccccc45)n3)cc2)cc1. The van der Waals surface area contributed by atoms with Crippen LogP contribution in [0.2, 0.25) is 0 Å². The monoisotopic (exact) mass is 816 g/mol. The normalized spacial score (nSPS) is 11.8. The van der Waals surface area contributed by atoms with E-state index in [4.69, 9.17) is 19.4 Å². The van der Waals surface area contributed by atoms with E-state index in [1.807, 2.05) is 30.3 Å². The van der Waals surface area contributed by atoms with Gasteiger partial charge in [0.25, 0.3) is 0 Å². The Balaban J connectivity index is 1.05. The van der Waals surface area contributed by atoms with Gasteiger partial charge in [0.2, 0.25) is 0 Å². The molecule has 0 unspecified atom stereocenters. The maximum Gasteiger partial charge on any atom is 0.167 e. The lowest BCUT2D eigenvalue weighted by Gasteiger charge is -2.14. The maximum atomic E-state index is 6.91. The number of para-hydroxylation sites is 2. The lowest BCUT2D eigenvalue weighted by Crippen LogP contribution is -2.01. The van der Waals surface area contributed by atoms with Crippen molar-refractivity contribution >= 4 is 65.3 Å². The van der Waals surface area contributed by atoms with E-state index in [9.17, 15) is 0 Å². The summed E-state index contributed by atoms with van der Waals surface area (Å²) in [5.74, 6) is 1.71. The fourth-order valence-corrected chi connectivity index (χ4v) is 9.58. The Labute approximate surface area is 368 Å². The first-order chi connectivity index (χ1) is 31.7. The molecule has 0 spiro atoms. The van der Waals surface area contributed by atoms with Crippen molar-refractivity contribution in [1.82, 2.24) is 19.5 Å². The number of aromatic nitrogens is 4. The van der Waals surface area contributed by atoms with Gasteiger partial charge in [0, 0.05) is 38.4 Å². The Morgan fingerprint density at radius 2 is 0.922 bits per heavy atom. The van der Waals surface area contributed by atoms with Crippen LogP contribution in [0.15, 0.2) is 223 Å². The van der Waals surface area contributed by atoms with Gasteiger partial charge in [0.1, 0.15) is 11.2 Å². The smallest absolute Gasteiger partial charge is 0.167 e. The van der Waals surface area contributed by atoms with E-state index in [-0.39, 0.29) is 0 Å². The third kappa shape index (κ3) is 5.83. The summed E-state index contributed by atoms with van der Waals surface area (Å²) in [6, 6.07) is 76.9. The van der Waals surface area contributed by atoms with E-state index in [2.05, 4.69) is 193 Å².